The summed E-state index contributed by atoms with van der Waals surface area (Å²) in [5.41, 5.74) is 1.97. The van der Waals surface area contributed by atoms with Gasteiger partial charge >= 0.3 is 0 Å². The molecule has 1 aliphatic rings. The van der Waals surface area contributed by atoms with E-state index >= 15 is 0 Å². The van der Waals surface area contributed by atoms with Crippen LogP contribution in [0.4, 0.5) is 4.39 Å². The SMILES string of the molecule is CCC(C)[C@H](c1cccc(F)c1C)N1CCNCC1.Cl.Cl. The molecule has 5 heteroatoms. The lowest BCUT2D eigenvalue weighted by atomic mass is 9.88. The van der Waals surface area contributed by atoms with Gasteiger partial charge in [-0.15, -0.1) is 24.8 Å². The topological polar surface area (TPSA) is 15.3 Å². The van der Waals surface area contributed by atoms with Crippen molar-refractivity contribution in [3.8, 4) is 0 Å². The van der Waals surface area contributed by atoms with Crippen molar-refractivity contribution in [3.63, 3.8) is 0 Å². The first-order valence-electron chi connectivity index (χ1n) is 7.35. The molecule has 2 nitrogen and oxygen atoms in total. The summed E-state index contributed by atoms with van der Waals surface area (Å²) in [5.74, 6) is 0.458. The average molecular weight is 337 g/mol. The van der Waals surface area contributed by atoms with Crippen molar-refractivity contribution in [1.29, 1.82) is 0 Å². The highest BCUT2D eigenvalue weighted by Crippen LogP contribution is 2.33. The second-order valence-corrected chi connectivity index (χ2v) is 5.57. The molecule has 0 spiro atoms. The maximum Gasteiger partial charge on any atom is 0.126 e. The minimum absolute atomic E-state index is 0. The number of nitrogens with one attached hydrogen (secondary N) is 1. The molecule has 122 valence electrons. The van der Waals surface area contributed by atoms with Gasteiger partial charge in [-0.3, -0.25) is 4.90 Å². The third kappa shape index (κ3) is 4.82. The zero-order valence-electron chi connectivity index (χ0n) is 13.1. The fourth-order valence-electron chi connectivity index (χ4n) is 2.99. The summed E-state index contributed by atoms with van der Waals surface area (Å²) in [6, 6.07) is 5.83. The summed E-state index contributed by atoms with van der Waals surface area (Å²) in [7, 11) is 0. The Labute approximate surface area is 140 Å². The Hall–Kier alpha value is -0.350. The highest BCUT2D eigenvalue weighted by Gasteiger charge is 2.28. The molecule has 1 N–H and O–H groups in total. The molecular formula is C16H27Cl2FN2. The van der Waals surface area contributed by atoms with Crippen LogP contribution < -0.4 is 5.32 Å². The molecule has 2 atom stereocenters. The Morgan fingerprint density at radius 3 is 2.43 bits per heavy atom. The summed E-state index contributed by atoms with van der Waals surface area (Å²) >= 11 is 0. The number of halogens is 3. The molecule has 1 aromatic rings. The van der Waals surface area contributed by atoms with Gasteiger partial charge in [0.05, 0.1) is 0 Å². The fourth-order valence-corrected chi connectivity index (χ4v) is 2.99. The Morgan fingerprint density at radius 1 is 1.24 bits per heavy atom. The number of rotatable bonds is 4. The molecule has 1 unspecified atom stereocenters. The van der Waals surface area contributed by atoms with Gasteiger partial charge in [-0.25, -0.2) is 4.39 Å². The third-order valence-corrected chi connectivity index (χ3v) is 4.36. The third-order valence-electron chi connectivity index (χ3n) is 4.36. The van der Waals surface area contributed by atoms with Gasteiger partial charge in [-0.2, -0.15) is 0 Å². The van der Waals surface area contributed by atoms with E-state index < -0.39 is 0 Å². The normalized spacial score (nSPS) is 18.3. The van der Waals surface area contributed by atoms with Crippen LogP contribution in [0.2, 0.25) is 0 Å². The van der Waals surface area contributed by atoms with Crippen molar-refractivity contribution in [1.82, 2.24) is 10.2 Å². The minimum Gasteiger partial charge on any atom is -0.314 e. The lowest BCUT2D eigenvalue weighted by Crippen LogP contribution is -2.46. The van der Waals surface area contributed by atoms with Crippen molar-refractivity contribution in [3.05, 3.63) is 35.1 Å². The van der Waals surface area contributed by atoms with Crippen molar-refractivity contribution >= 4 is 24.8 Å². The van der Waals surface area contributed by atoms with Crippen LogP contribution >= 0.6 is 24.8 Å². The smallest absolute Gasteiger partial charge is 0.126 e. The van der Waals surface area contributed by atoms with Crippen LogP contribution in [0.25, 0.3) is 0 Å². The van der Waals surface area contributed by atoms with E-state index in [2.05, 4.69) is 30.1 Å². The number of hydrogen-bond donors (Lipinski definition) is 1. The molecule has 1 aliphatic heterocycles. The quantitative estimate of drug-likeness (QED) is 0.894. The summed E-state index contributed by atoms with van der Waals surface area (Å²) in [4.78, 5) is 2.51. The zero-order chi connectivity index (χ0) is 13.8. The summed E-state index contributed by atoms with van der Waals surface area (Å²) in [6.45, 7) is 10.5. The first-order valence-corrected chi connectivity index (χ1v) is 7.35. The van der Waals surface area contributed by atoms with Crippen LogP contribution in [0.1, 0.15) is 37.4 Å². The Kier molecular flexibility index (Phi) is 9.46. The number of nitrogens with zero attached hydrogens (tertiary/aromatic N) is 1. The maximum atomic E-state index is 13.8. The van der Waals surface area contributed by atoms with Crippen LogP contribution in [-0.2, 0) is 0 Å². The van der Waals surface area contributed by atoms with Crippen LogP contribution in [0, 0.1) is 18.7 Å². The molecule has 1 aromatic carbocycles. The van der Waals surface area contributed by atoms with E-state index in [0.29, 0.717) is 12.0 Å². The van der Waals surface area contributed by atoms with Crippen molar-refractivity contribution in [2.75, 3.05) is 26.2 Å². The van der Waals surface area contributed by atoms with Gasteiger partial charge in [-0.05, 0) is 30.0 Å². The van der Waals surface area contributed by atoms with Crippen LogP contribution in [-0.4, -0.2) is 31.1 Å². The molecule has 21 heavy (non-hydrogen) atoms. The van der Waals surface area contributed by atoms with E-state index in [1.54, 1.807) is 6.07 Å². The molecule has 0 radical (unpaired) electrons. The second kappa shape index (κ2) is 9.62. The molecule has 1 saturated heterocycles. The van der Waals surface area contributed by atoms with Gasteiger partial charge in [-0.1, -0.05) is 32.4 Å². The summed E-state index contributed by atoms with van der Waals surface area (Å²) < 4.78 is 13.8. The monoisotopic (exact) mass is 336 g/mol. The maximum absolute atomic E-state index is 13.8. The van der Waals surface area contributed by atoms with Crippen molar-refractivity contribution in [2.24, 2.45) is 5.92 Å². The number of hydrogen-bond acceptors (Lipinski definition) is 2. The van der Waals surface area contributed by atoms with Crippen LogP contribution in [0.5, 0.6) is 0 Å². The van der Waals surface area contributed by atoms with E-state index in [1.165, 1.54) is 0 Å². The largest absolute Gasteiger partial charge is 0.314 e. The molecule has 2 rings (SSSR count). The average Bonchev–Trinajstić information content (AvgIpc) is 2.44. The Bertz CT molecular complexity index is 423. The van der Waals surface area contributed by atoms with E-state index in [9.17, 15) is 4.39 Å². The number of piperazine rings is 1. The van der Waals surface area contributed by atoms with E-state index in [4.69, 9.17) is 0 Å². The van der Waals surface area contributed by atoms with E-state index in [1.807, 2.05) is 13.0 Å². The number of benzene rings is 1. The van der Waals surface area contributed by atoms with E-state index in [-0.39, 0.29) is 30.6 Å². The van der Waals surface area contributed by atoms with Crippen LogP contribution in [0.3, 0.4) is 0 Å². The molecule has 0 aromatic heterocycles. The molecule has 0 bridgehead atoms. The van der Waals surface area contributed by atoms with Gasteiger partial charge < -0.3 is 5.32 Å². The zero-order valence-corrected chi connectivity index (χ0v) is 14.7. The van der Waals surface area contributed by atoms with Crippen molar-refractivity contribution in [2.45, 2.75) is 33.2 Å². The van der Waals surface area contributed by atoms with Gasteiger partial charge in [0.25, 0.3) is 0 Å². The van der Waals surface area contributed by atoms with Gasteiger partial charge in [0.2, 0.25) is 0 Å². The lowest BCUT2D eigenvalue weighted by molar-refractivity contribution is 0.128. The van der Waals surface area contributed by atoms with Crippen LogP contribution in [0.15, 0.2) is 18.2 Å². The molecule has 1 fully saturated rings. The summed E-state index contributed by atoms with van der Waals surface area (Å²) in [5, 5.41) is 3.39. The first kappa shape index (κ1) is 20.6. The second-order valence-electron chi connectivity index (χ2n) is 5.57. The Balaban J connectivity index is 0.00000200. The molecular weight excluding hydrogens is 310 g/mol. The minimum atomic E-state index is -0.0825. The van der Waals surface area contributed by atoms with Crippen molar-refractivity contribution < 1.29 is 4.39 Å². The summed E-state index contributed by atoms with van der Waals surface area (Å²) in [6.07, 6.45) is 1.12. The molecule has 1 heterocycles. The molecule has 0 saturated carbocycles. The predicted octanol–water partition coefficient (Wildman–Crippen LogP) is 3.97. The Morgan fingerprint density at radius 2 is 1.86 bits per heavy atom. The predicted molar refractivity (Wildman–Crippen MR) is 92.3 cm³/mol. The lowest BCUT2D eigenvalue weighted by Gasteiger charge is -2.39. The highest BCUT2D eigenvalue weighted by atomic mass is 35.5. The van der Waals surface area contributed by atoms with Gasteiger partial charge in [0.15, 0.2) is 0 Å². The highest BCUT2D eigenvalue weighted by molar-refractivity contribution is 5.85. The first-order chi connectivity index (χ1) is 9.15. The van der Waals surface area contributed by atoms with E-state index in [0.717, 1.165) is 43.7 Å². The van der Waals surface area contributed by atoms with Gasteiger partial charge in [0.1, 0.15) is 5.82 Å². The fraction of sp³-hybridized carbons (Fsp3) is 0.625. The molecule has 0 aliphatic carbocycles. The standard InChI is InChI=1S/C16H25FN2.2ClH/c1-4-12(2)16(19-10-8-18-9-11-19)14-6-5-7-15(17)13(14)3;;/h5-7,12,16,18H,4,8-11H2,1-3H3;2*1H/t12?,16-;;/m1../s1. The molecule has 0 amide bonds. The van der Waals surface area contributed by atoms with Gasteiger partial charge in [0, 0.05) is 32.2 Å².